The van der Waals surface area contributed by atoms with Gasteiger partial charge in [0.1, 0.15) is 0 Å². The normalized spacial score (nSPS) is 11.9. The molecular formula is C14H35NO4P+. The van der Waals surface area contributed by atoms with Crippen LogP contribution in [0.4, 0.5) is 0 Å². The summed E-state index contributed by atoms with van der Waals surface area (Å²) in [7, 11) is -4.64. The number of hydrogen-bond acceptors (Lipinski definition) is 1. The number of nitrogens with zero attached hydrogens (tertiary/aromatic N) is 1. The molecular weight excluding hydrogens is 277 g/mol. The molecule has 124 valence electrons. The topological polar surface area (TPSA) is 77.8 Å². The number of phosphoric acid groups is 1. The molecule has 20 heavy (non-hydrogen) atoms. The van der Waals surface area contributed by atoms with E-state index in [4.69, 9.17) is 19.2 Å². The minimum absolute atomic E-state index is 1.33. The second kappa shape index (κ2) is 12.8. The second-order valence-corrected chi connectivity index (χ2v) is 6.43. The van der Waals surface area contributed by atoms with Crippen LogP contribution in [0.1, 0.15) is 66.2 Å². The van der Waals surface area contributed by atoms with Crippen LogP contribution in [0, 0.1) is 0 Å². The van der Waals surface area contributed by atoms with E-state index < -0.39 is 7.82 Å². The summed E-state index contributed by atoms with van der Waals surface area (Å²) >= 11 is 0. The van der Waals surface area contributed by atoms with E-state index in [2.05, 4.69) is 27.7 Å². The first-order valence-electron chi connectivity index (χ1n) is 7.88. The zero-order valence-corrected chi connectivity index (χ0v) is 14.6. The maximum absolute atomic E-state index is 8.88. The molecule has 6 heteroatoms. The molecule has 0 heterocycles. The predicted molar refractivity (Wildman–Crippen MR) is 84.4 cm³/mol. The Morgan fingerprint density at radius 2 is 1.00 bits per heavy atom. The highest BCUT2D eigenvalue weighted by Gasteiger charge is 2.22. The van der Waals surface area contributed by atoms with Crippen LogP contribution in [0.5, 0.6) is 0 Å². The molecule has 3 N–H and O–H groups in total. The van der Waals surface area contributed by atoms with E-state index in [1.54, 1.807) is 0 Å². The monoisotopic (exact) mass is 312 g/mol. The second-order valence-electron chi connectivity index (χ2n) is 5.40. The van der Waals surface area contributed by atoms with Crippen LogP contribution in [0.2, 0.25) is 0 Å². The highest BCUT2D eigenvalue weighted by molar-refractivity contribution is 7.45. The third kappa shape index (κ3) is 16.1. The quantitative estimate of drug-likeness (QED) is 0.427. The summed E-state index contributed by atoms with van der Waals surface area (Å²) < 4.78 is 10.3. The van der Waals surface area contributed by atoms with Crippen molar-refractivity contribution in [1.29, 1.82) is 0 Å². The van der Waals surface area contributed by atoms with Crippen LogP contribution in [0.25, 0.3) is 0 Å². The molecule has 0 spiro atoms. The summed E-state index contributed by atoms with van der Waals surface area (Å²) in [5.41, 5.74) is 0. The van der Waals surface area contributed by atoms with Crippen molar-refractivity contribution in [2.45, 2.75) is 66.2 Å². The van der Waals surface area contributed by atoms with Gasteiger partial charge in [0.2, 0.25) is 0 Å². The van der Waals surface area contributed by atoms with Crippen molar-refractivity contribution in [3.63, 3.8) is 0 Å². The molecule has 0 aromatic heterocycles. The molecule has 0 aliphatic rings. The maximum atomic E-state index is 8.88. The Kier molecular flexibility index (Phi) is 14.3. The molecule has 0 rings (SSSR count). The van der Waals surface area contributed by atoms with Crippen molar-refractivity contribution < 1.29 is 23.7 Å². The average molecular weight is 312 g/mol. The average Bonchev–Trinajstić information content (AvgIpc) is 2.37. The van der Waals surface area contributed by atoms with E-state index in [1.165, 1.54) is 69.2 Å². The maximum Gasteiger partial charge on any atom is 0.466 e. The van der Waals surface area contributed by atoms with E-state index in [-0.39, 0.29) is 0 Å². The largest absolute Gasteiger partial charge is 0.466 e. The Hall–Kier alpha value is 0.0700. The molecule has 0 amide bonds. The lowest BCUT2D eigenvalue weighted by molar-refractivity contribution is -0.927. The van der Waals surface area contributed by atoms with E-state index in [0.29, 0.717) is 0 Å². The molecule has 5 nitrogen and oxygen atoms in total. The third-order valence-electron chi connectivity index (χ3n) is 3.63. The van der Waals surface area contributed by atoms with Crippen LogP contribution in [-0.2, 0) is 4.57 Å². The Morgan fingerprint density at radius 1 is 0.750 bits per heavy atom. The summed E-state index contributed by atoms with van der Waals surface area (Å²) in [5, 5.41) is 0. The van der Waals surface area contributed by atoms with Gasteiger partial charge in [-0.2, -0.15) is 0 Å². The molecule has 0 bridgehead atoms. The number of quaternary nitrogens is 1. The van der Waals surface area contributed by atoms with Gasteiger partial charge in [-0.05, 0) is 26.2 Å². The molecule has 0 saturated carbocycles. The van der Waals surface area contributed by atoms with E-state index in [1.807, 2.05) is 0 Å². The first-order chi connectivity index (χ1) is 9.24. The summed E-state index contributed by atoms with van der Waals surface area (Å²) in [6.45, 7) is 14.9. The van der Waals surface area contributed by atoms with E-state index in [9.17, 15) is 0 Å². The van der Waals surface area contributed by atoms with Gasteiger partial charge in [0, 0.05) is 0 Å². The van der Waals surface area contributed by atoms with Gasteiger partial charge in [-0.15, -0.1) is 0 Å². The predicted octanol–water partition coefficient (Wildman–Crippen LogP) is 3.29. The summed E-state index contributed by atoms with van der Waals surface area (Å²) in [5.74, 6) is 0. The zero-order chi connectivity index (χ0) is 16.1. The molecule has 0 aromatic rings. The van der Waals surface area contributed by atoms with Crippen molar-refractivity contribution in [2.24, 2.45) is 0 Å². The van der Waals surface area contributed by atoms with Crippen molar-refractivity contribution in [2.75, 3.05) is 26.2 Å². The summed E-state index contributed by atoms with van der Waals surface area (Å²) in [4.78, 5) is 21.6. The van der Waals surface area contributed by atoms with Crippen LogP contribution < -0.4 is 0 Å². The molecule has 0 fully saturated rings. The third-order valence-corrected chi connectivity index (χ3v) is 3.63. The van der Waals surface area contributed by atoms with Gasteiger partial charge in [0.25, 0.3) is 0 Å². The molecule has 0 unspecified atom stereocenters. The van der Waals surface area contributed by atoms with Gasteiger partial charge in [-0.1, -0.05) is 40.0 Å². The Morgan fingerprint density at radius 3 is 1.15 bits per heavy atom. The van der Waals surface area contributed by atoms with Gasteiger partial charge < -0.3 is 19.2 Å². The fourth-order valence-corrected chi connectivity index (χ4v) is 2.29. The van der Waals surface area contributed by atoms with Crippen molar-refractivity contribution in [3.05, 3.63) is 0 Å². The van der Waals surface area contributed by atoms with Gasteiger partial charge in [-0.3, -0.25) is 0 Å². The fourth-order valence-electron chi connectivity index (χ4n) is 2.29. The summed E-state index contributed by atoms with van der Waals surface area (Å²) in [6, 6.07) is 0. The van der Waals surface area contributed by atoms with E-state index in [0.717, 1.165) is 0 Å². The molecule has 0 saturated heterocycles. The lowest BCUT2D eigenvalue weighted by atomic mass is 10.1. The van der Waals surface area contributed by atoms with Crippen LogP contribution in [-0.4, -0.2) is 45.3 Å². The van der Waals surface area contributed by atoms with Gasteiger partial charge >= 0.3 is 7.82 Å². The Balaban J connectivity index is 0. The summed E-state index contributed by atoms with van der Waals surface area (Å²) in [6.07, 6.45) is 8.25. The van der Waals surface area contributed by atoms with Crippen molar-refractivity contribution in [1.82, 2.24) is 0 Å². The Bertz CT molecular complexity index is 226. The minimum Gasteiger partial charge on any atom is -0.324 e. The van der Waals surface area contributed by atoms with Gasteiger partial charge in [0.05, 0.1) is 26.2 Å². The van der Waals surface area contributed by atoms with Crippen LogP contribution in [0.3, 0.4) is 0 Å². The minimum atomic E-state index is -4.64. The van der Waals surface area contributed by atoms with Gasteiger partial charge in [-0.25, -0.2) is 4.57 Å². The fraction of sp³-hybridized carbons (Fsp3) is 1.00. The van der Waals surface area contributed by atoms with Crippen molar-refractivity contribution >= 4 is 7.82 Å². The molecule has 0 radical (unpaired) electrons. The molecule has 0 aromatic carbocycles. The SMILES string of the molecule is CCCC[N+](CC)(CCCC)CCCC.O=P(O)(O)O. The number of hydrogen-bond donors (Lipinski definition) is 3. The molecule has 0 aliphatic heterocycles. The standard InChI is InChI=1S/C14H32N.H3O4P/c1-5-9-12-15(8-4,13-10-6-2)14-11-7-3;1-5(2,3)4/h5-14H2,1-4H3;(H3,1,2,3,4)/q+1;. The van der Waals surface area contributed by atoms with E-state index >= 15 is 0 Å². The van der Waals surface area contributed by atoms with Gasteiger partial charge in [0.15, 0.2) is 0 Å². The van der Waals surface area contributed by atoms with Crippen LogP contribution in [0.15, 0.2) is 0 Å². The molecule has 0 atom stereocenters. The highest BCUT2D eigenvalue weighted by Crippen LogP contribution is 2.25. The van der Waals surface area contributed by atoms with Crippen molar-refractivity contribution in [3.8, 4) is 0 Å². The number of rotatable bonds is 10. The van der Waals surface area contributed by atoms with Crippen LogP contribution >= 0.6 is 7.82 Å². The first kappa shape index (κ1) is 22.4. The highest BCUT2D eigenvalue weighted by atomic mass is 31.2. The smallest absolute Gasteiger partial charge is 0.324 e. The Labute approximate surface area is 124 Å². The zero-order valence-electron chi connectivity index (χ0n) is 13.7. The lowest BCUT2D eigenvalue weighted by Gasteiger charge is -2.38. The first-order valence-corrected chi connectivity index (χ1v) is 9.44. The molecule has 0 aliphatic carbocycles. The number of unbranched alkanes of at least 4 members (excludes halogenated alkanes) is 3. The lowest BCUT2D eigenvalue weighted by Crippen LogP contribution is -2.49.